The Morgan fingerprint density at radius 1 is 1.38 bits per heavy atom. The van der Waals surface area contributed by atoms with Crippen LogP contribution in [-0.2, 0) is 6.54 Å². The van der Waals surface area contributed by atoms with Crippen molar-refractivity contribution in [3.8, 4) is 11.8 Å². The van der Waals surface area contributed by atoms with Crippen molar-refractivity contribution in [2.24, 2.45) is 11.7 Å². The molecule has 2 aliphatic heterocycles. The van der Waals surface area contributed by atoms with Crippen molar-refractivity contribution in [2.45, 2.75) is 31.8 Å². The molecule has 1 aromatic rings. The van der Waals surface area contributed by atoms with Crippen molar-refractivity contribution in [3.63, 3.8) is 0 Å². The molecule has 3 heterocycles. The van der Waals surface area contributed by atoms with E-state index in [9.17, 15) is 0 Å². The lowest BCUT2D eigenvalue weighted by atomic mass is 9.84. The number of piperidine rings is 2. The average Bonchev–Trinajstić information content (AvgIpc) is 2.93. The fraction of sp³-hybridized carbons (Fsp3) is 0.647. The van der Waals surface area contributed by atoms with Crippen LogP contribution in [0.3, 0.4) is 0 Å². The number of likely N-dealkylation sites (tertiary alicyclic amines) is 2. The molecule has 0 radical (unpaired) electrons. The van der Waals surface area contributed by atoms with Gasteiger partial charge in [-0.1, -0.05) is 11.8 Å². The van der Waals surface area contributed by atoms with E-state index in [1.54, 1.807) is 0 Å². The Bertz CT molecular complexity index is 528. The lowest BCUT2D eigenvalue weighted by molar-refractivity contribution is 0.0359. The molecular formula is C17H25N3S. The van der Waals surface area contributed by atoms with Crippen molar-refractivity contribution in [2.75, 3.05) is 33.2 Å². The molecule has 2 saturated heterocycles. The van der Waals surface area contributed by atoms with Crippen LogP contribution in [0.4, 0.5) is 0 Å². The van der Waals surface area contributed by atoms with Crippen LogP contribution in [0, 0.1) is 17.8 Å². The zero-order valence-corrected chi connectivity index (χ0v) is 13.7. The summed E-state index contributed by atoms with van der Waals surface area (Å²) in [5, 5.41) is 2.15. The van der Waals surface area contributed by atoms with Gasteiger partial charge >= 0.3 is 0 Å². The van der Waals surface area contributed by atoms with Crippen LogP contribution in [0.2, 0.25) is 0 Å². The van der Waals surface area contributed by atoms with Gasteiger partial charge in [0.15, 0.2) is 0 Å². The first-order chi connectivity index (χ1) is 10.3. The zero-order valence-electron chi connectivity index (χ0n) is 12.8. The van der Waals surface area contributed by atoms with Crippen LogP contribution in [0.25, 0.3) is 0 Å². The summed E-state index contributed by atoms with van der Waals surface area (Å²) in [7, 11) is 2.30. The van der Waals surface area contributed by atoms with E-state index in [2.05, 4.69) is 40.1 Å². The van der Waals surface area contributed by atoms with Crippen LogP contribution in [0.5, 0.6) is 0 Å². The van der Waals surface area contributed by atoms with Gasteiger partial charge in [0.05, 0.1) is 6.54 Å². The minimum atomic E-state index is 0.438. The first-order valence-electron chi connectivity index (χ1n) is 7.95. The molecule has 2 atom stereocenters. The smallest absolute Gasteiger partial charge is 0.0555 e. The van der Waals surface area contributed by atoms with Crippen LogP contribution in [-0.4, -0.2) is 49.1 Å². The molecule has 2 unspecified atom stereocenters. The summed E-state index contributed by atoms with van der Waals surface area (Å²) < 4.78 is 0. The quantitative estimate of drug-likeness (QED) is 0.848. The Hall–Kier alpha value is -0.860. The van der Waals surface area contributed by atoms with Crippen molar-refractivity contribution >= 4 is 11.3 Å². The Labute approximate surface area is 132 Å². The Morgan fingerprint density at radius 3 is 3.14 bits per heavy atom. The van der Waals surface area contributed by atoms with Gasteiger partial charge in [-0.15, -0.1) is 11.3 Å². The average molecular weight is 303 g/mol. The highest BCUT2D eigenvalue weighted by atomic mass is 32.1. The van der Waals surface area contributed by atoms with E-state index in [0.717, 1.165) is 24.1 Å². The third-order valence-electron chi connectivity index (χ3n) is 4.80. The predicted octanol–water partition coefficient (Wildman–Crippen LogP) is 1.97. The Kier molecular flexibility index (Phi) is 4.97. The topological polar surface area (TPSA) is 32.5 Å². The number of thiophene rings is 1. The molecule has 0 saturated carbocycles. The monoisotopic (exact) mass is 303 g/mol. The van der Waals surface area contributed by atoms with Crippen molar-refractivity contribution in [3.05, 3.63) is 21.9 Å². The molecule has 0 amide bonds. The molecule has 114 valence electrons. The molecular weight excluding hydrogens is 278 g/mol. The van der Waals surface area contributed by atoms with E-state index in [-0.39, 0.29) is 0 Å². The summed E-state index contributed by atoms with van der Waals surface area (Å²) in [6, 6.07) is 3.05. The summed E-state index contributed by atoms with van der Waals surface area (Å²) in [4.78, 5) is 6.64. The summed E-state index contributed by atoms with van der Waals surface area (Å²) in [5.41, 5.74) is 6.54. The largest absolute Gasteiger partial charge is 0.320 e. The van der Waals surface area contributed by atoms with Crippen LogP contribution in [0.1, 0.15) is 29.7 Å². The van der Waals surface area contributed by atoms with Gasteiger partial charge in [0, 0.05) is 41.5 Å². The van der Waals surface area contributed by atoms with Gasteiger partial charge in [-0.05, 0) is 44.8 Å². The minimum Gasteiger partial charge on any atom is -0.320 e. The lowest BCUT2D eigenvalue weighted by Crippen LogP contribution is -2.52. The first kappa shape index (κ1) is 15.1. The number of fused-ring (bicyclic) bond motifs is 1. The molecule has 0 spiro atoms. The number of nitrogens with zero attached hydrogens (tertiary/aromatic N) is 2. The molecule has 3 rings (SSSR count). The first-order valence-corrected chi connectivity index (χ1v) is 8.83. The number of hydrogen-bond donors (Lipinski definition) is 1. The fourth-order valence-electron chi connectivity index (χ4n) is 3.77. The highest BCUT2D eigenvalue weighted by Crippen LogP contribution is 2.30. The summed E-state index contributed by atoms with van der Waals surface area (Å²) in [6.45, 7) is 5.30. The van der Waals surface area contributed by atoms with E-state index in [0.29, 0.717) is 6.54 Å². The summed E-state index contributed by atoms with van der Waals surface area (Å²) in [5.74, 6) is 6.92. The van der Waals surface area contributed by atoms with Crippen molar-refractivity contribution in [1.82, 2.24) is 9.80 Å². The van der Waals surface area contributed by atoms with Crippen LogP contribution >= 0.6 is 11.3 Å². The standard InChI is InChI=1S/C17H25N3S/c1-19-8-3-5-15-11-20(9-6-17(15)19)12-16-10-14(13-21-16)4-2-7-18/h10,13,15,17H,3,5-9,11-12,18H2,1H3. The number of hydrogen-bond acceptors (Lipinski definition) is 4. The number of rotatable bonds is 2. The Morgan fingerprint density at radius 2 is 2.29 bits per heavy atom. The zero-order chi connectivity index (χ0) is 14.7. The van der Waals surface area contributed by atoms with E-state index >= 15 is 0 Å². The molecule has 0 aliphatic carbocycles. The molecule has 2 fully saturated rings. The predicted molar refractivity (Wildman–Crippen MR) is 89.3 cm³/mol. The normalized spacial score (nSPS) is 27.0. The third-order valence-corrected chi connectivity index (χ3v) is 5.72. The Balaban J connectivity index is 1.57. The second-order valence-corrected chi connectivity index (χ2v) is 7.28. The van der Waals surface area contributed by atoms with Gasteiger partial charge in [-0.25, -0.2) is 0 Å². The second kappa shape index (κ2) is 6.93. The van der Waals surface area contributed by atoms with Gasteiger partial charge in [-0.3, -0.25) is 4.90 Å². The van der Waals surface area contributed by atoms with Crippen molar-refractivity contribution in [1.29, 1.82) is 0 Å². The molecule has 3 nitrogen and oxygen atoms in total. The molecule has 2 N–H and O–H groups in total. The lowest BCUT2D eigenvalue weighted by Gasteiger charge is -2.45. The summed E-state index contributed by atoms with van der Waals surface area (Å²) >= 11 is 1.83. The van der Waals surface area contributed by atoms with Gasteiger partial charge in [0.2, 0.25) is 0 Å². The molecule has 0 aromatic carbocycles. The van der Waals surface area contributed by atoms with Gasteiger partial charge in [-0.2, -0.15) is 0 Å². The number of nitrogens with two attached hydrogens (primary N) is 1. The van der Waals surface area contributed by atoms with Crippen molar-refractivity contribution < 1.29 is 0 Å². The fourth-order valence-corrected chi connectivity index (χ4v) is 4.63. The highest BCUT2D eigenvalue weighted by molar-refractivity contribution is 7.10. The van der Waals surface area contributed by atoms with Gasteiger partial charge < -0.3 is 10.6 Å². The molecule has 2 aliphatic rings. The highest BCUT2D eigenvalue weighted by Gasteiger charge is 2.34. The second-order valence-electron chi connectivity index (χ2n) is 6.28. The van der Waals surface area contributed by atoms with E-state index in [1.807, 2.05) is 11.3 Å². The third kappa shape index (κ3) is 3.67. The SMILES string of the molecule is CN1CCCC2CN(Cc3cc(C#CCN)cs3)CCC21. The van der Waals surface area contributed by atoms with Crippen LogP contribution < -0.4 is 5.73 Å². The minimum absolute atomic E-state index is 0.438. The van der Waals surface area contributed by atoms with E-state index in [4.69, 9.17) is 5.73 Å². The molecule has 21 heavy (non-hydrogen) atoms. The molecule has 1 aromatic heterocycles. The summed E-state index contributed by atoms with van der Waals surface area (Å²) in [6.07, 6.45) is 4.10. The molecule has 0 bridgehead atoms. The van der Waals surface area contributed by atoms with Gasteiger partial charge in [0.25, 0.3) is 0 Å². The maximum Gasteiger partial charge on any atom is 0.0555 e. The maximum atomic E-state index is 5.42. The molecule has 4 heteroatoms. The maximum absolute atomic E-state index is 5.42. The van der Waals surface area contributed by atoms with Gasteiger partial charge in [0.1, 0.15) is 0 Å². The van der Waals surface area contributed by atoms with E-state index < -0.39 is 0 Å². The van der Waals surface area contributed by atoms with Crippen LogP contribution in [0.15, 0.2) is 11.4 Å². The van der Waals surface area contributed by atoms with E-state index in [1.165, 1.54) is 43.8 Å².